The summed E-state index contributed by atoms with van der Waals surface area (Å²) in [4.78, 5) is 24.4. The van der Waals surface area contributed by atoms with Crippen molar-refractivity contribution < 1.29 is 19.8 Å². The first-order valence-corrected chi connectivity index (χ1v) is 6.47. The van der Waals surface area contributed by atoms with Crippen LogP contribution >= 0.6 is 0 Å². The molecule has 3 N–H and O–H groups in total. The number of carboxylic acid groups (broad SMARTS) is 1. The summed E-state index contributed by atoms with van der Waals surface area (Å²) >= 11 is 0. The van der Waals surface area contributed by atoms with Crippen molar-refractivity contribution >= 4 is 12.0 Å². The highest BCUT2D eigenvalue weighted by molar-refractivity contribution is 5.82. The molecule has 104 valence electrons. The fourth-order valence-electron chi connectivity index (χ4n) is 2.25. The fourth-order valence-corrected chi connectivity index (χ4v) is 2.25. The quantitative estimate of drug-likeness (QED) is 0.675. The van der Waals surface area contributed by atoms with Gasteiger partial charge in [-0.1, -0.05) is 6.92 Å². The number of likely N-dealkylation sites (tertiary alicyclic amines) is 1. The molecule has 0 radical (unpaired) electrons. The number of hydrogen-bond donors (Lipinski definition) is 3. The first kappa shape index (κ1) is 14.8. The van der Waals surface area contributed by atoms with E-state index in [1.807, 2.05) is 0 Å². The van der Waals surface area contributed by atoms with E-state index >= 15 is 0 Å². The van der Waals surface area contributed by atoms with Gasteiger partial charge < -0.3 is 20.4 Å². The van der Waals surface area contributed by atoms with E-state index in [-0.39, 0.29) is 12.6 Å². The third kappa shape index (κ3) is 4.18. The number of hydrogen-bond acceptors (Lipinski definition) is 3. The highest BCUT2D eigenvalue weighted by Gasteiger charge is 2.26. The Bertz CT molecular complexity index is 294. The van der Waals surface area contributed by atoms with Gasteiger partial charge in [0.15, 0.2) is 0 Å². The van der Waals surface area contributed by atoms with Gasteiger partial charge in [-0.15, -0.1) is 0 Å². The Morgan fingerprint density at radius 3 is 2.78 bits per heavy atom. The van der Waals surface area contributed by atoms with Gasteiger partial charge in [-0.3, -0.25) is 0 Å². The minimum Gasteiger partial charge on any atom is -0.480 e. The summed E-state index contributed by atoms with van der Waals surface area (Å²) in [6.07, 6.45) is 2.98. The maximum Gasteiger partial charge on any atom is 0.326 e. The molecular weight excluding hydrogens is 236 g/mol. The van der Waals surface area contributed by atoms with E-state index in [0.29, 0.717) is 31.8 Å². The first-order chi connectivity index (χ1) is 8.58. The van der Waals surface area contributed by atoms with Gasteiger partial charge in [0.1, 0.15) is 6.04 Å². The lowest BCUT2D eigenvalue weighted by Gasteiger charge is -2.33. The number of piperidine rings is 1. The lowest BCUT2D eigenvalue weighted by atomic mass is 9.95. The van der Waals surface area contributed by atoms with Crippen molar-refractivity contribution in [2.24, 2.45) is 5.92 Å². The molecule has 2 atom stereocenters. The van der Waals surface area contributed by atoms with Gasteiger partial charge >= 0.3 is 12.0 Å². The van der Waals surface area contributed by atoms with E-state index in [2.05, 4.69) is 5.32 Å². The fraction of sp³-hybridized carbons (Fsp3) is 0.833. The number of carbonyl (C=O) groups excluding carboxylic acids is 1. The van der Waals surface area contributed by atoms with Crippen LogP contribution < -0.4 is 5.32 Å². The summed E-state index contributed by atoms with van der Waals surface area (Å²) in [6, 6.07) is -1.14. The van der Waals surface area contributed by atoms with E-state index in [1.165, 1.54) is 0 Å². The molecule has 6 nitrogen and oxygen atoms in total. The van der Waals surface area contributed by atoms with Crippen LogP contribution in [0.4, 0.5) is 4.79 Å². The Labute approximate surface area is 107 Å². The molecule has 1 aliphatic rings. The number of carbonyl (C=O) groups is 2. The summed E-state index contributed by atoms with van der Waals surface area (Å²) in [6.45, 7) is 3.11. The van der Waals surface area contributed by atoms with Crippen molar-refractivity contribution in [2.75, 3.05) is 19.7 Å². The van der Waals surface area contributed by atoms with Crippen LogP contribution in [-0.2, 0) is 4.79 Å². The van der Waals surface area contributed by atoms with Crippen molar-refractivity contribution in [3.05, 3.63) is 0 Å². The normalized spacial score (nSPS) is 21.4. The van der Waals surface area contributed by atoms with Gasteiger partial charge in [-0.2, -0.15) is 0 Å². The number of nitrogens with zero attached hydrogens (tertiary/aromatic N) is 1. The minimum absolute atomic E-state index is 0.132. The molecule has 1 rings (SSSR count). The highest BCUT2D eigenvalue weighted by Crippen LogP contribution is 2.19. The monoisotopic (exact) mass is 258 g/mol. The topological polar surface area (TPSA) is 89.9 Å². The Kier molecular flexibility index (Phi) is 5.91. The second-order valence-corrected chi connectivity index (χ2v) is 4.72. The third-order valence-corrected chi connectivity index (χ3v) is 3.35. The zero-order chi connectivity index (χ0) is 13.5. The molecule has 1 fully saturated rings. The SMILES string of the molecule is CC[C@H](NC(=O)N1CCCC(CCO)C1)C(=O)O. The lowest BCUT2D eigenvalue weighted by molar-refractivity contribution is -0.139. The predicted molar refractivity (Wildman–Crippen MR) is 66.2 cm³/mol. The van der Waals surface area contributed by atoms with Crippen LogP contribution in [0, 0.1) is 5.92 Å². The molecule has 1 heterocycles. The molecule has 0 spiro atoms. The average molecular weight is 258 g/mol. The Hall–Kier alpha value is -1.30. The number of urea groups is 1. The van der Waals surface area contributed by atoms with Gasteiger partial charge in [0.2, 0.25) is 0 Å². The Morgan fingerprint density at radius 1 is 1.50 bits per heavy atom. The van der Waals surface area contributed by atoms with Crippen LogP contribution in [0.15, 0.2) is 0 Å². The Balaban J connectivity index is 2.47. The molecule has 1 saturated heterocycles. The molecule has 18 heavy (non-hydrogen) atoms. The standard InChI is InChI=1S/C12H22N2O4/c1-2-10(11(16)17)13-12(18)14-6-3-4-9(8-14)5-7-15/h9-10,15H,2-8H2,1H3,(H,13,18)(H,16,17)/t9?,10-/m0/s1. The van der Waals surface area contributed by atoms with Crippen molar-refractivity contribution in [1.82, 2.24) is 10.2 Å². The molecule has 0 aromatic carbocycles. The van der Waals surface area contributed by atoms with Crippen molar-refractivity contribution in [3.8, 4) is 0 Å². The summed E-state index contributed by atoms with van der Waals surface area (Å²) in [7, 11) is 0. The molecule has 1 unspecified atom stereocenters. The third-order valence-electron chi connectivity index (χ3n) is 3.35. The zero-order valence-electron chi connectivity index (χ0n) is 10.8. The predicted octanol–water partition coefficient (Wildman–Crippen LogP) is 0.654. The summed E-state index contributed by atoms with van der Waals surface area (Å²) < 4.78 is 0. The minimum atomic E-state index is -1.00. The van der Waals surface area contributed by atoms with E-state index in [0.717, 1.165) is 12.8 Å². The number of aliphatic hydroxyl groups is 1. The molecular formula is C12H22N2O4. The van der Waals surface area contributed by atoms with Crippen molar-refractivity contribution in [2.45, 2.75) is 38.6 Å². The largest absolute Gasteiger partial charge is 0.480 e. The lowest BCUT2D eigenvalue weighted by Crippen LogP contribution is -2.50. The second-order valence-electron chi connectivity index (χ2n) is 4.72. The molecule has 0 aromatic heterocycles. The van der Waals surface area contributed by atoms with Crippen molar-refractivity contribution in [1.29, 1.82) is 0 Å². The van der Waals surface area contributed by atoms with Gasteiger partial charge in [0.05, 0.1) is 0 Å². The maximum atomic E-state index is 11.9. The number of nitrogens with one attached hydrogen (secondary N) is 1. The van der Waals surface area contributed by atoms with E-state index in [4.69, 9.17) is 10.2 Å². The number of carboxylic acids is 1. The van der Waals surface area contributed by atoms with E-state index in [1.54, 1.807) is 11.8 Å². The maximum absolute atomic E-state index is 11.9. The summed E-state index contributed by atoms with van der Waals surface area (Å²) in [5.74, 6) is -0.686. The molecule has 6 heteroatoms. The first-order valence-electron chi connectivity index (χ1n) is 6.47. The number of aliphatic hydroxyl groups excluding tert-OH is 1. The van der Waals surface area contributed by atoms with Crippen LogP contribution in [0.2, 0.25) is 0 Å². The number of amides is 2. The molecule has 2 amide bonds. The molecule has 0 aromatic rings. The molecule has 1 aliphatic heterocycles. The summed E-state index contributed by atoms with van der Waals surface area (Å²) in [5, 5.41) is 20.3. The van der Waals surface area contributed by atoms with Gasteiger partial charge in [0, 0.05) is 19.7 Å². The molecule has 0 bridgehead atoms. The number of rotatable bonds is 5. The van der Waals surface area contributed by atoms with E-state index < -0.39 is 12.0 Å². The average Bonchev–Trinajstić information content (AvgIpc) is 2.36. The van der Waals surface area contributed by atoms with Gasteiger partial charge in [-0.05, 0) is 31.6 Å². The smallest absolute Gasteiger partial charge is 0.326 e. The zero-order valence-corrected chi connectivity index (χ0v) is 10.8. The second kappa shape index (κ2) is 7.20. The van der Waals surface area contributed by atoms with Crippen LogP contribution in [0.25, 0.3) is 0 Å². The van der Waals surface area contributed by atoms with Crippen LogP contribution in [0.3, 0.4) is 0 Å². The summed E-state index contributed by atoms with van der Waals surface area (Å²) in [5.41, 5.74) is 0. The number of aliphatic carboxylic acids is 1. The molecule has 0 saturated carbocycles. The van der Waals surface area contributed by atoms with Gasteiger partial charge in [0.25, 0.3) is 0 Å². The highest BCUT2D eigenvalue weighted by atomic mass is 16.4. The van der Waals surface area contributed by atoms with Crippen LogP contribution in [-0.4, -0.2) is 52.9 Å². The van der Waals surface area contributed by atoms with E-state index in [9.17, 15) is 9.59 Å². The Morgan fingerprint density at radius 2 is 2.22 bits per heavy atom. The van der Waals surface area contributed by atoms with Crippen LogP contribution in [0.5, 0.6) is 0 Å². The molecule has 0 aliphatic carbocycles. The van der Waals surface area contributed by atoms with Gasteiger partial charge in [-0.25, -0.2) is 9.59 Å². The van der Waals surface area contributed by atoms with Crippen LogP contribution in [0.1, 0.15) is 32.6 Å². The van der Waals surface area contributed by atoms with Crippen molar-refractivity contribution in [3.63, 3.8) is 0 Å².